The van der Waals surface area contributed by atoms with E-state index in [2.05, 4.69) is 5.32 Å². The van der Waals surface area contributed by atoms with Gasteiger partial charge in [-0.3, -0.25) is 24.0 Å². The van der Waals surface area contributed by atoms with Crippen molar-refractivity contribution in [2.75, 3.05) is 29.2 Å². The summed E-state index contributed by atoms with van der Waals surface area (Å²) in [5.74, 6) is -0.663. The summed E-state index contributed by atoms with van der Waals surface area (Å²) in [6.07, 6.45) is 0.304. The zero-order chi connectivity index (χ0) is 24.1. The molecular formula is C25H26FN5O3. The van der Waals surface area contributed by atoms with Gasteiger partial charge in [-0.1, -0.05) is 18.2 Å². The third kappa shape index (κ3) is 3.58. The maximum Gasteiger partial charge on any atom is 0.263 e. The van der Waals surface area contributed by atoms with Gasteiger partial charge in [0.15, 0.2) is 0 Å². The number of carbonyl (C=O) groups is 1. The van der Waals surface area contributed by atoms with Crippen molar-refractivity contribution >= 4 is 34.5 Å². The molecule has 1 unspecified atom stereocenters. The van der Waals surface area contributed by atoms with Gasteiger partial charge in [-0.15, -0.1) is 0 Å². The normalized spacial score (nSPS) is 17.6. The van der Waals surface area contributed by atoms with Crippen LogP contribution in [0.15, 0.2) is 59.4 Å². The highest BCUT2D eigenvalue weighted by atomic mass is 19.1. The summed E-state index contributed by atoms with van der Waals surface area (Å²) >= 11 is 0. The Morgan fingerprint density at radius 3 is 2.35 bits per heavy atom. The Balaban J connectivity index is 1.69. The number of aromatic nitrogens is 1. The number of halogens is 1. The molecule has 9 heteroatoms. The molecule has 1 aliphatic carbocycles. The second kappa shape index (κ2) is 8.18. The third-order valence-electron chi connectivity index (χ3n) is 6.28. The molecule has 2 N–H and O–H groups in total. The number of carbonyl (C=O) groups excluding carboxylic acids is 1. The number of benzene rings is 2. The number of para-hydroxylation sites is 1. The molecule has 1 fully saturated rings. The average molecular weight is 464 g/mol. The summed E-state index contributed by atoms with van der Waals surface area (Å²) < 4.78 is 16.2. The molecule has 2 aliphatic rings. The van der Waals surface area contributed by atoms with Crippen LogP contribution in [0.1, 0.15) is 23.2 Å². The van der Waals surface area contributed by atoms with Crippen molar-refractivity contribution in [3.8, 4) is 0 Å². The smallest absolute Gasteiger partial charge is 0.263 e. The van der Waals surface area contributed by atoms with E-state index < -0.39 is 23.6 Å². The van der Waals surface area contributed by atoms with E-state index in [0.29, 0.717) is 11.4 Å². The van der Waals surface area contributed by atoms with E-state index in [-0.39, 0.29) is 28.8 Å². The van der Waals surface area contributed by atoms with Gasteiger partial charge in [-0.2, -0.15) is 0 Å². The van der Waals surface area contributed by atoms with Crippen LogP contribution in [0.5, 0.6) is 0 Å². The van der Waals surface area contributed by atoms with Crippen molar-refractivity contribution in [2.24, 2.45) is 7.05 Å². The monoisotopic (exact) mass is 463 g/mol. The van der Waals surface area contributed by atoms with Gasteiger partial charge in [-0.05, 0) is 43.2 Å². The van der Waals surface area contributed by atoms with Crippen LogP contribution >= 0.6 is 0 Å². The Morgan fingerprint density at radius 2 is 1.74 bits per heavy atom. The number of aliphatic hydroxyl groups is 1. The number of aliphatic hydroxyl groups excluding tert-OH is 1. The summed E-state index contributed by atoms with van der Waals surface area (Å²) in [5.41, 5.74) is 1.46. The van der Waals surface area contributed by atoms with Gasteiger partial charge < -0.3 is 15.3 Å². The van der Waals surface area contributed by atoms with Crippen LogP contribution < -0.4 is 20.7 Å². The van der Waals surface area contributed by atoms with Crippen LogP contribution in [-0.4, -0.2) is 47.0 Å². The average Bonchev–Trinajstić information content (AvgIpc) is 3.64. The molecule has 8 nitrogen and oxygen atoms in total. The van der Waals surface area contributed by atoms with Crippen molar-refractivity contribution in [3.63, 3.8) is 0 Å². The molecule has 0 spiro atoms. The fraction of sp³-hybridized carbons (Fsp3) is 0.280. The van der Waals surface area contributed by atoms with Crippen LogP contribution in [0.2, 0.25) is 0 Å². The van der Waals surface area contributed by atoms with Crippen LogP contribution in [-0.2, 0) is 7.05 Å². The zero-order valence-corrected chi connectivity index (χ0v) is 19.2. The predicted octanol–water partition coefficient (Wildman–Crippen LogP) is 3.37. The van der Waals surface area contributed by atoms with Gasteiger partial charge >= 0.3 is 0 Å². The number of hydrogen-bond donors (Lipinski definition) is 2. The van der Waals surface area contributed by atoms with E-state index in [4.69, 9.17) is 0 Å². The molecule has 0 bridgehead atoms. The second-order valence-electron chi connectivity index (χ2n) is 8.83. The summed E-state index contributed by atoms with van der Waals surface area (Å²) in [7, 11) is 5.18. The molecule has 1 aliphatic heterocycles. The predicted molar refractivity (Wildman–Crippen MR) is 129 cm³/mol. The second-order valence-corrected chi connectivity index (χ2v) is 8.83. The van der Waals surface area contributed by atoms with Gasteiger partial charge in [0.2, 0.25) is 6.35 Å². The lowest BCUT2D eigenvalue weighted by Crippen LogP contribution is -2.56. The molecule has 5 rings (SSSR count). The fourth-order valence-corrected chi connectivity index (χ4v) is 4.32. The van der Waals surface area contributed by atoms with Crippen molar-refractivity contribution in [1.82, 2.24) is 9.47 Å². The van der Waals surface area contributed by atoms with Gasteiger partial charge in [0.05, 0.1) is 11.4 Å². The highest BCUT2D eigenvalue weighted by Crippen LogP contribution is 2.43. The molecule has 2 heterocycles. The Hall–Kier alpha value is -3.85. The molecule has 3 aromatic rings. The first-order valence-electron chi connectivity index (χ1n) is 11.1. The first-order valence-corrected chi connectivity index (χ1v) is 11.1. The standard InChI is InChI=1S/C25H26FN5O3/c1-28(2)17-11-12-19(18(26)13-17)27-20-14-21(32)29(3)23-22(20)24(33)31(16-9-10-16)25(34)30(23)15-7-5-4-6-8-15/h4-8,11-14,16,25,27,34H,9-10H2,1-3H3. The van der Waals surface area contributed by atoms with E-state index in [9.17, 15) is 19.1 Å². The lowest BCUT2D eigenvalue weighted by Gasteiger charge is -2.43. The molecule has 1 saturated carbocycles. The number of anilines is 5. The first kappa shape index (κ1) is 22.0. The maximum atomic E-state index is 14.9. The number of rotatable bonds is 5. The number of fused-ring (bicyclic) bond motifs is 1. The van der Waals surface area contributed by atoms with E-state index in [1.54, 1.807) is 41.1 Å². The topological polar surface area (TPSA) is 81.0 Å². The minimum Gasteiger partial charge on any atom is -0.378 e. The van der Waals surface area contributed by atoms with Crippen LogP contribution in [0, 0.1) is 5.82 Å². The molecule has 0 saturated heterocycles. The van der Waals surface area contributed by atoms with Crippen molar-refractivity contribution < 1.29 is 14.3 Å². The zero-order valence-electron chi connectivity index (χ0n) is 19.2. The number of pyridine rings is 1. The molecule has 176 valence electrons. The number of nitrogens with zero attached hydrogens (tertiary/aromatic N) is 4. The highest BCUT2D eigenvalue weighted by Gasteiger charge is 2.47. The maximum absolute atomic E-state index is 14.9. The Kier molecular flexibility index (Phi) is 5.28. The Bertz CT molecular complexity index is 1320. The van der Waals surface area contributed by atoms with E-state index >= 15 is 0 Å². The molecule has 1 atom stereocenters. The molecule has 1 aromatic heterocycles. The largest absolute Gasteiger partial charge is 0.378 e. The summed E-state index contributed by atoms with van der Waals surface area (Å²) in [6.45, 7) is 0. The van der Waals surface area contributed by atoms with Crippen molar-refractivity contribution in [2.45, 2.75) is 25.2 Å². The number of amides is 1. The van der Waals surface area contributed by atoms with Gasteiger partial charge in [0, 0.05) is 44.6 Å². The molecule has 0 radical (unpaired) electrons. The lowest BCUT2D eigenvalue weighted by molar-refractivity contribution is 0.00266. The van der Waals surface area contributed by atoms with Crippen molar-refractivity contribution in [1.29, 1.82) is 0 Å². The van der Waals surface area contributed by atoms with Gasteiger partial charge in [0.25, 0.3) is 11.5 Å². The minimum absolute atomic E-state index is 0.0944. The molecule has 34 heavy (non-hydrogen) atoms. The summed E-state index contributed by atoms with van der Waals surface area (Å²) in [5, 5.41) is 14.2. The molecule has 1 amide bonds. The van der Waals surface area contributed by atoms with E-state index in [0.717, 1.165) is 12.8 Å². The van der Waals surface area contributed by atoms with E-state index in [1.165, 1.54) is 21.6 Å². The van der Waals surface area contributed by atoms with Gasteiger partial charge in [-0.25, -0.2) is 4.39 Å². The lowest BCUT2D eigenvalue weighted by atomic mass is 10.1. The number of hydrogen-bond acceptors (Lipinski definition) is 6. The minimum atomic E-state index is -1.27. The molecular weight excluding hydrogens is 437 g/mol. The molecule has 2 aromatic carbocycles. The third-order valence-corrected chi connectivity index (χ3v) is 6.28. The van der Waals surface area contributed by atoms with Gasteiger partial charge in [0.1, 0.15) is 17.2 Å². The van der Waals surface area contributed by atoms with E-state index in [1.807, 2.05) is 32.3 Å². The summed E-state index contributed by atoms with van der Waals surface area (Å²) in [6, 6.07) is 15.0. The Morgan fingerprint density at radius 1 is 1.03 bits per heavy atom. The highest BCUT2D eigenvalue weighted by molar-refractivity contribution is 6.07. The van der Waals surface area contributed by atoms with Crippen LogP contribution in [0.3, 0.4) is 0 Å². The van der Waals surface area contributed by atoms with Crippen LogP contribution in [0.25, 0.3) is 0 Å². The summed E-state index contributed by atoms with van der Waals surface area (Å²) in [4.78, 5) is 31.4. The quantitative estimate of drug-likeness (QED) is 0.604. The van der Waals surface area contributed by atoms with Crippen LogP contribution in [0.4, 0.5) is 33.0 Å². The fourth-order valence-electron chi connectivity index (χ4n) is 4.32. The first-order chi connectivity index (χ1) is 16.3. The van der Waals surface area contributed by atoms with Crippen molar-refractivity contribution in [3.05, 3.63) is 76.3 Å². The Labute approximate surface area is 196 Å². The number of nitrogens with one attached hydrogen (secondary N) is 1. The SMILES string of the molecule is CN(C)c1ccc(Nc2cc(=O)n(C)c3c2C(=O)N(C2CC2)C(O)N3c2ccccc2)c(F)c1.